The molecule has 132 valence electrons. The van der Waals surface area contributed by atoms with Gasteiger partial charge in [-0.2, -0.15) is 0 Å². The van der Waals surface area contributed by atoms with Crippen molar-refractivity contribution in [1.82, 2.24) is 0 Å². The minimum Gasteiger partial charge on any atom is -0.417 e. The number of rotatable bonds is 7. The molecule has 1 fully saturated rings. The quantitative estimate of drug-likeness (QED) is 0.263. The highest BCUT2D eigenvalue weighted by molar-refractivity contribution is 8.56. The fraction of sp³-hybridized carbons (Fsp3) is 0.500. The molecule has 1 unspecified atom stereocenters. The Hall–Kier alpha value is -1.30. The van der Waals surface area contributed by atoms with Gasteiger partial charge in [-0.05, 0) is 56.6 Å². The van der Waals surface area contributed by atoms with Crippen molar-refractivity contribution in [1.29, 1.82) is 0 Å². The van der Waals surface area contributed by atoms with E-state index in [0.29, 0.717) is 12.2 Å². The molecule has 6 nitrogen and oxygen atoms in total. The summed E-state index contributed by atoms with van der Waals surface area (Å²) < 4.78 is 24.4. The minimum atomic E-state index is -3.37. The Balaban J connectivity index is 2.13. The van der Waals surface area contributed by atoms with Crippen molar-refractivity contribution in [2.45, 2.75) is 50.9 Å². The molecule has 24 heavy (non-hydrogen) atoms. The molecule has 0 radical (unpaired) electrons. The Morgan fingerprint density at radius 1 is 1.50 bits per heavy atom. The molecule has 3 atom stereocenters. The molecule has 2 rings (SSSR count). The second-order valence-electron chi connectivity index (χ2n) is 6.14. The Morgan fingerprint density at radius 3 is 2.62 bits per heavy atom. The summed E-state index contributed by atoms with van der Waals surface area (Å²) in [7, 11) is 0. The third-order valence-corrected chi connectivity index (χ3v) is 8.37. The predicted molar refractivity (Wildman–Crippen MR) is 96.5 cm³/mol. The van der Waals surface area contributed by atoms with Gasteiger partial charge < -0.3 is 4.52 Å². The number of nitro groups is 1. The van der Waals surface area contributed by atoms with Crippen molar-refractivity contribution >= 4 is 23.9 Å². The number of benzene rings is 1. The van der Waals surface area contributed by atoms with Gasteiger partial charge in [-0.1, -0.05) is 12.5 Å². The fourth-order valence-electron chi connectivity index (χ4n) is 2.43. The maximum atomic E-state index is 13.0. The normalized spacial score (nSPS) is 29.4. The van der Waals surface area contributed by atoms with E-state index in [0.717, 1.165) is 18.4 Å². The van der Waals surface area contributed by atoms with Gasteiger partial charge in [0, 0.05) is 17.4 Å². The molecule has 0 aliphatic carbocycles. The van der Waals surface area contributed by atoms with Gasteiger partial charge >= 0.3 is 6.80 Å². The summed E-state index contributed by atoms with van der Waals surface area (Å²) in [6, 6.07) is 5.51. The number of non-ortho nitro benzene ring substituents is 1. The van der Waals surface area contributed by atoms with E-state index in [1.807, 2.05) is 20.8 Å². The Labute approximate surface area is 146 Å². The zero-order valence-corrected chi connectivity index (χ0v) is 15.8. The molecule has 0 spiro atoms. The maximum absolute atomic E-state index is 13.0. The summed E-state index contributed by atoms with van der Waals surface area (Å²) in [6.45, 7) is 6.45. The third-order valence-electron chi connectivity index (χ3n) is 4.06. The Morgan fingerprint density at radius 2 is 2.12 bits per heavy atom. The van der Waals surface area contributed by atoms with Crippen LogP contribution in [-0.4, -0.2) is 15.8 Å². The van der Waals surface area contributed by atoms with Crippen LogP contribution in [0.25, 0.3) is 0 Å². The molecule has 0 amide bonds. The topological polar surface area (TPSA) is 78.7 Å². The highest BCUT2D eigenvalue weighted by Gasteiger charge is 2.53. The number of hydrogen-bond donors (Lipinski definition) is 0. The van der Waals surface area contributed by atoms with Gasteiger partial charge in [0.2, 0.25) is 0 Å². The van der Waals surface area contributed by atoms with Gasteiger partial charge in [-0.25, -0.2) is 4.57 Å². The van der Waals surface area contributed by atoms with Crippen LogP contribution in [0, 0.1) is 10.1 Å². The van der Waals surface area contributed by atoms with Crippen LogP contribution in [-0.2, 0) is 9.09 Å². The SMILES string of the molecule is C=C(C)CC[C@@H]1SP(=O)(Oc2ccc([N+](=O)[O-])cc2)O[C@@]1(C)CC. The van der Waals surface area contributed by atoms with Crippen LogP contribution < -0.4 is 4.52 Å². The monoisotopic (exact) mass is 371 g/mol. The third kappa shape index (κ3) is 4.41. The molecule has 1 aromatic carbocycles. The van der Waals surface area contributed by atoms with Gasteiger partial charge in [0.1, 0.15) is 5.75 Å². The van der Waals surface area contributed by atoms with Crippen LogP contribution in [0.3, 0.4) is 0 Å². The summed E-state index contributed by atoms with van der Waals surface area (Å²) in [5.74, 6) is 0.301. The van der Waals surface area contributed by atoms with Crippen molar-refractivity contribution in [2.75, 3.05) is 0 Å². The summed E-state index contributed by atoms with van der Waals surface area (Å²) >= 11 is 1.23. The predicted octanol–water partition coefficient (Wildman–Crippen LogP) is 5.74. The molecule has 1 aliphatic rings. The summed E-state index contributed by atoms with van der Waals surface area (Å²) in [5, 5.41) is 10.7. The lowest BCUT2D eigenvalue weighted by Crippen LogP contribution is -2.33. The van der Waals surface area contributed by atoms with Crippen LogP contribution >= 0.6 is 18.2 Å². The molecule has 0 aromatic heterocycles. The zero-order chi connectivity index (χ0) is 18.0. The molecule has 1 aliphatic heterocycles. The van der Waals surface area contributed by atoms with Crippen LogP contribution in [0.5, 0.6) is 5.75 Å². The summed E-state index contributed by atoms with van der Waals surface area (Å²) in [5.41, 5.74) is 0.501. The van der Waals surface area contributed by atoms with Crippen LogP contribution in [0.15, 0.2) is 36.4 Å². The lowest BCUT2D eigenvalue weighted by molar-refractivity contribution is -0.384. The largest absolute Gasteiger partial charge is 0.441 e. The van der Waals surface area contributed by atoms with Gasteiger partial charge in [0.25, 0.3) is 5.69 Å². The highest BCUT2D eigenvalue weighted by Crippen LogP contribution is 2.72. The molecule has 1 aromatic rings. The second kappa shape index (κ2) is 7.30. The Kier molecular flexibility index (Phi) is 5.78. The first kappa shape index (κ1) is 19.0. The number of allylic oxidation sites excluding steroid dienone is 1. The van der Waals surface area contributed by atoms with Crippen molar-refractivity contribution in [3.8, 4) is 5.75 Å². The van der Waals surface area contributed by atoms with Crippen LogP contribution in [0.4, 0.5) is 5.69 Å². The minimum absolute atomic E-state index is 0.0432. The number of nitrogens with zero attached hydrogens (tertiary/aromatic N) is 1. The first-order chi connectivity index (χ1) is 11.2. The molecular formula is C16H22NO5PS. The molecular weight excluding hydrogens is 349 g/mol. The molecule has 0 bridgehead atoms. The van der Waals surface area contributed by atoms with E-state index in [2.05, 4.69) is 6.58 Å². The summed E-state index contributed by atoms with van der Waals surface area (Å²) in [6.07, 6.45) is 2.38. The smallest absolute Gasteiger partial charge is 0.417 e. The standard InChI is InChI=1S/C16H22NO5PS/c1-5-16(4)15(11-6-12(2)3)24-23(20,22-16)21-14-9-7-13(8-10-14)17(18)19/h7-10,15H,2,5-6,11H2,1,3-4H3/t15-,16-,23?/m0/s1. The molecule has 0 saturated carbocycles. The first-order valence-corrected chi connectivity index (χ1v) is 10.8. The number of nitro benzene ring substituents is 1. The average Bonchev–Trinajstić information content (AvgIpc) is 2.77. The average molecular weight is 371 g/mol. The van der Waals surface area contributed by atoms with E-state index in [1.54, 1.807) is 0 Å². The van der Waals surface area contributed by atoms with E-state index in [9.17, 15) is 14.7 Å². The summed E-state index contributed by atoms with van der Waals surface area (Å²) in [4.78, 5) is 10.2. The number of hydrogen-bond acceptors (Lipinski definition) is 6. The van der Waals surface area contributed by atoms with Gasteiger partial charge in [-0.15, -0.1) is 6.58 Å². The van der Waals surface area contributed by atoms with E-state index in [4.69, 9.17) is 9.05 Å². The maximum Gasteiger partial charge on any atom is 0.441 e. The molecule has 8 heteroatoms. The van der Waals surface area contributed by atoms with E-state index < -0.39 is 17.3 Å². The van der Waals surface area contributed by atoms with E-state index >= 15 is 0 Å². The first-order valence-electron chi connectivity index (χ1n) is 7.75. The van der Waals surface area contributed by atoms with Crippen molar-refractivity contribution in [3.63, 3.8) is 0 Å². The fourth-order valence-corrected chi connectivity index (χ4v) is 7.69. The van der Waals surface area contributed by atoms with Gasteiger partial charge in [0.15, 0.2) is 0 Å². The molecule has 1 saturated heterocycles. The van der Waals surface area contributed by atoms with Crippen LogP contribution in [0.1, 0.15) is 40.0 Å². The van der Waals surface area contributed by atoms with Crippen molar-refractivity contribution in [3.05, 3.63) is 46.5 Å². The van der Waals surface area contributed by atoms with Gasteiger partial charge in [-0.3, -0.25) is 14.6 Å². The van der Waals surface area contributed by atoms with E-state index in [1.165, 1.54) is 35.6 Å². The van der Waals surface area contributed by atoms with E-state index in [-0.39, 0.29) is 10.9 Å². The van der Waals surface area contributed by atoms with Crippen LogP contribution in [0.2, 0.25) is 0 Å². The van der Waals surface area contributed by atoms with Gasteiger partial charge in [0.05, 0.1) is 10.5 Å². The van der Waals surface area contributed by atoms with Crippen molar-refractivity contribution < 1.29 is 18.5 Å². The Bertz CT molecular complexity index is 678. The molecule has 1 heterocycles. The second-order valence-corrected chi connectivity index (χ2v) is 10.2. The zero-order valence-electron chi connectivity index (χ0n) is 14.1. The lowest BCUT2D eigenvalue weighted by atomic mass is 9.94. The molecule has 0 N–H and O–H groups in total. The lowest BCUT2D eigenvalue weighted by Gasteiger charge is -2.27. The van der Waals surface area contributed by atoms with Crippen molar-refractivity contribution in [2.24, 2.45) is 0 Å². The highest BCUT2D eigenvalue weighted by atomic mass is 32.7.